The normalized spacial score (nSPS) is 10.8. The van der Waals surface area contributed by atoms with Gasteiger partial charge in [0.1, 0.15) is 19.0 Å². The van der Waals surface area contributed by atoms with Crippen LogP contribution in [0.25, 0.3) is 11.0 Å². The number of amides is 1. The van der Waals surface area contributed by atoms with E-state index in [0.717, 1.165) is 16.6 Å². The maximum absolute atomic E-state index is 13.0. The van der Waals surface area contributed by atoms with Crippen molar-refractivity contribution in [1.82, 2.24) is 14.5 Å². The molecule has 6 heteroatoms. The summed E-state index contributed by atoms with van der Waals surface area (Å²) >= 11 is 0. The molecule has 0 bridgehead atoms. The molecule has 0 aliphatic rings. The van der Waals surface area contributed by atoms with E-state index in [4.69, 9.17) is 14.5 Å². The van der Waals surface area contributed by atoms with Crippen molar-refractivity contribution in [3.05, 3.63) is 90.3 Å². The van der Waals surface area contributed by atoms with E-state index in [1.54, 1.807) is 12.0 Å². The van der Waals surface area contributed by atoms with Crippen molar-refractivity contribution in [3.8, 4) is 11.5 Å². The fourth-order valence-corrected chi connectivity index (χ4v) is 3.49. The van der Waals surface area contributed by atoms with Gasteiger partial charge in [0.2, 0.25) is 5.91 Å². The maximum atomic E-state index is 13.0. The maximum Gasteiger partial charge on any atom is 0.242 e. The molecule has 158 valence electrons. The minimum atomic E-state index is 0.00514. The van der Waals surface area contributed by atoms with Gasteiger partial charge in [0.25, 0.3) is 0 Å². The van der Waals surface area contributed by atoms with E-state index in [1.165, 1.54) is 0 Å². The molecular formula is C25H25N3O3. The molecule has 31 heavy (non-hydrogen) atoms. The molecular weight excluding hydrogens is 390 g/mol. The molecule has 4 rings (SSSR count). The first kappa shape index (κ1) is 20.5. The second-order valence-electron chi connectivity index (χ2n) is 7.28. The lowest BCUT2D eigenvalue weighted by Crippen LogP contribution is -2.30. The number of fused-ring (bicyclic) bond motifs is 1. The number of likely N-dealkylation sites (N-methyl/N-ethyl adjacent to an activating group) is 1. The van der Waals surface area contributed by atoms with Crippen molar-refractivity contribution in [1.29, 1.82) is 0 Å². The summed E-state index contributed by atoms with van der Waals surface area (Å²) in [4.78, 5) is 19.4. The molecule has 0 spiro atoms. The van der Waals surface area contributed by atoms with Crippen LogP contribution in [0.4, 0.5) is 0 Å². The van der Waals surface area contributed by atoms with Gasteiger partial charge in [-0.25, -0.2) is 4.98 Å². The number of nitrogens with zero attached hydrogens (tertiary/aromatic N) is 3. The highest BCUT2D eigenvalue weighted by molar-refractivity contribution is 5.81. The van der Waals surface area contributed by atoms with Gasteiger partial charge in [-0.2, -0.15) is 0 Å². The van der Waals surface area contributed by atoms with Crippen LogP contribution in [0, 0.1) is 0 Å². The molecule has 0 aliphatic heterocycles. The number of rotatable bonds is 8. The molecule has 1 heterocycles. The minimum Gasteiger partial charge on any atom is -0.493 e. The Morgan fingerprint density at radius 1 is 0.935 bits per heavy atom. The zero-order valence-corrected chi connectivity index (χ0v) is 17.7. The first-order valence-corrected chi connectivity index (χ1v) is 10.1. The average Bonchev–Trinajstić information content (AvgIpc) is 3.15. The second kappa shape index (κ2) is 9.34. The van der Waals surface area contributed by atoms with Crippen LogP contribution in [-0.4, -0.2) is 34.5 Å². The van der Waals surface area contributed by atoms with Crippen molar-refractivity contribution in [2.75, 3.05) is 14.2 Å². The van der Waals surface area contributed by atoms with Gasteiger partial charge >= 0.3 is 0 Å². The predicted molar refractivity (Wildman–Crippen MR) is 120 cm³/mol. The van der Waals surface area contributed by atoms with Gasteiger partial charge in [-0.1, -0.05) is 54.6 Å². The molecule has 0 atom stereocenters. The van der Waals surface area contributed by atoms with Crippen molar-refractivity contribution in [2.45, 2.75) is 19.7 Å². The Balaban J connectivity index is 1.55. The molecule has 0 saturated heterocycles. The third kappa shape index (κ3) is 4.69. The van der Waals surface area contributed by atoms with E-state index in [-0.39, 0.29) is 19.1 Å². The third-order valence-electron chi connectivity index (χ3n) is 5.14. The Morgan fingerprint density at radius 3 is 2.39 bits per heavy atom. The Bertz CT molecular complexity index is 1170. The van der Waals surface area contributed by atoms with Crippen LogP contribution in [-0.2, 0) is 24.5 Å². The summed E-state index contributed by atoms with van der Waals surface area (Å²) in [6.07, 6.45) is 0. The zero-order valence-electron chi connectivity index (χ0n) is 17.7. The molecule has 4 aromatic rings. The summed E-state index contributed by atoms with van der Waals surface area (Å²) in [6, 6.07) is 25.2. The van der Waals surface area contributed by atoms with Gasteiger partial charge < -0.3 is 18.9 Å². The van der Waals surface area contributed by atoms with Gasteiger partial charge in [-0.05, 0) is 29.8 Å². The van der Waals surface area contributed by atoms with Crippen LogP contribution in [0.2, 0.25) is 0 Å². The van der Waals surface area contributed by atoms with Gasteiger partial charge in [-0.3, -0.25) is 4.79 Å². The molecule has 0 aliphatic carbocycles. The number of carbonyl (C=O) groups is 1. The monoisotopic (exact) mass is 415 g/mol. The van der Waals surface area contributed by atoms with Crippen LogP contribution in [0.5, 0.6) is 11.5 Å². The van der Waals surface area contributed by atoms with E-state index >= 15 is 0 Å². The van der Waals surface area contributed by atoms with Crippen LogP contribution < -0.4 is 9.47 Å². The van der Waals surface area contributed by atoms with E-state index in [1.807, 2.05) is 90.5 Å². The second-order valence-corrected chi connectivity index (χ2v) is 7.28. The van der Waals surface area contributed by atoms with E-state index in [0.29, 0.717) is 23.9 Å². The molecule has 0 radical (unpaired) electrons. The smallest absolute Gasteiger partial charge is 0.242 e. The molecule has 6 nitrogen and oxygen atoms in total. The topological polar surface area (TPSA) is 56.6 Å². The molecule has 0 N–H and O–H groups in total. The van der Waals surface area contributed by atoms with Crippen LogP contribution in [0.3, 0.4) is 0 Å². The van der Waals surface area contributed by atoms with Crippen LogP contribution >= 0.6 is 0 Å². The van der Waals surface area contributed by atoms with Crippen LogP contribution in [0.15, 0.2) is 78.9 Å². The molecule has 0 fully saturated rings. The largest absolute Gasteiger partial charge is 0.493 e. The van der Waals surface area contributed by atoms with Crippen molar-refractivity contribution >= 4 is 16.9 Å². The molecule has 1 aromatic heterocycles. The number of hydrogen-bond donors (Lipinski definition) is 0. The number of ether oxygens (including phenoxy) is 2. The standard InChI is InChI=1S/C25H25N3O3/c1-27(16-19-10-4-3-5-11-19)25(29)17-28-21-13-7-6-12-20(21)26-24(28)18-31-23-15-9-8-14-22(23)30-2/h3-15H,16-18H2,1-2H3. The lowest BCUT2D eigenvalue weighted by molar-refractivity contribution is -0.131. The van der Waals surface area contributed by atoms with Crippen molar-refractivity contribution in [3.63, 3.8) is 0 Å². The molecule has 0 unspecified atom stereocenters. The molecule has 1 amide bonds. The average molecular weight is 415 g/mol. The number of hydrogen-bond acceptors (Lipinski definition) is 4. The lowest BCUT2D eigenvalue weighted by Gasteiger charge is -2.19. The summed E-state index contributed by atoms with van der Waals surface area (Å²) in [5.41, 5.74) is 2.83. The quantitative estimate of drug-likeness (QED) is 0.431. The number of para-hydroxylation sites is 4. The molecule has 3 aromatic carbocycles. The fourth-order valence-electron chi connectivity index (χ4n) is 3.49. The highest BCUT2D eigenvalue weighted by Gasteiger charge is 2.17. The summed E-state index contributed by atoms with van der Waals surface area (Å²) in [7, 11) is 3.43. The predicted octanol–water partition coefficient (Wildman–Crippen LogP) is 4.28. The number of methoxy groups -OCH3 is 1. The minimum absolute atomic E-state index is 0.00514. The first-order chi connectivity index (χ1) is 15.2. The number of aromatic nitrogens is 2. The van der Waals surface area contributed by atoms with Gasteiger partial charge in [-0.15, -0.1) is 0 Å². The Morgan fingerprint density at radius 2 is 1.61 bits per heavy atom. The van der Waals surface area contributed by atoms with Crippen molar-refractivity contribution < 1.29 is 14.3 Å². The zero-order chi connectivity index (χ0) is 21.6. The number of benzene rings is 3. The third-order valence-corrected chi connectivity index (χ3v) is 5.14. The summed E-state index contributed by atoms with van der Waals surface area (Å²) < 4.78 is 13.3. The Kier molecular flexibility index (Phi) is 6.17. The van der Waals surface area contributed by atoms with Gasteiger partial charge in [0, 0.05) is 13.6 Å². The van der Waals surface area contributed by atoms with Gasteiger partial charge in [0.15, 0.2) is 11.5 Å². The highest BCUT2D eigenvalue weighted by Crippen LogP contribution is 2.27. The van der Waals surface area contributed by atoms with Crippen LogP contribution in [0.1, 0.15) is 11.4 Å². The Labute approximate surface area is 181 Å². The summed E-state index contributed by atoms with van der Waals surface area (Å²) in [5.74, 6) is 1.99. The van der Waals surface area contributed by atoms with E-state index in [9.17, 15) is 4.79 Å². The fraction of sp³-hybridized carbons (Fsp3) is 0.200. The van der Waals surface area contributed by atoms with E-state index in [2.05, 4.69) is 0 Å². The summed E-state index contributed by atoms with van der Waals surface area (Å²) in [5, 5.41) is 0. The van der Waals surface area contributed by atoms with E-state index < -0.39 is 0 Å². The van der Waals surface area contributed by atoms with Gasteiger partial charge in [0.05, 0.1) is 18.1 Å². The Hall–Kier alpha value is -3.80. The molecule has 0 saturated carbocycles. The lowest BCUT2D eigenvalue weighted by atomic mass is 10.2. The highest BCUT2D eigenvalue weighted by atomic mass is 16.5. The number of imidazole rings is 1. The number of carbonyl (C=O) groups excluding carboxylic acids is 1. The first-order valence-electron chi connectivity index (χ1n) is 10.1. The summed E-state index contributed by atoms with van der Waals surface area (Å²) in [6.45, 7) is 0.971. The van der Waals surface area contributed by atoms with Crippen molar-refractivity contribution in [2.24, 2.45) is 0 Å². The SMILES string of the molecule is COc1ccccc1OCc1nc2ccccc2n1CC(=O)N(C)Cc1ccccc1.